The molecule has 1 saturated heterocycles. The Kier molecular flexibility index (Phi) is 3.04. The van der Waals surface area contributed by atoms with Gasteiger partial charge in [-0.2, -0.15) is 0 Å². The maximum absolute atomic E-state index is 9.28. The number of hydrogen-bond acceptors (Lipinski definition) is 2. The van der Waals surface area contributed by atoms with Crippen LogP contribution < -0.4 is 4.90 Å². The van der Waals surface area contributed by atoms with Crippen molar-refractivity contribution < 1.29 is 5.11 Å². The molecule has 0 saturated carbocycles. The molecule has 1 atom stereocenters. The summed E-state index contributed by atoms with van der Waals surface area (Å²) in [5.74, 6) is 0. The number of hydrogen-bond donors (Lipinski definition) is 1. The minimum atomic E-state index is 0.273. The van der Waals surface area contributed by atoms with E-state index in [1.807, 2.05) is 6.07 Å². The molecule has 1 fully saturated rings. The quantitative estimate of drug-likeness (QED) is 0.773. The molecule has 1 heterocycles. The van der Waals surface area contributed by atoms with E-state index in [2.05, 4.69) is 29.2 Å². The lowest BCUT2D eigenvalue weighted by atomic mass is 10.0. The van der Waals surface area contributed by atoms with Gasteiger partial charge in [-0.1, -0.05) is 18.2 Å². The van der Waals surface area contributed by atoms with Crippen LogP contribution in [0.25, 0.3) is 0 Å². The van der Waals surface area contributed by atoms with Crippen molar-refractivity contribution in [3.05, 3.63) is 30.3 Å². The lowest BCUT2D eigenvalue weighted by Crippen LogP contribution is -2.41. The number of nitrogens with zero attached hydrogens (tertiary/aromatic N) is 1. The van der Waals surface area contributed by atoms with Crippen molar-refractivity contribution in [2.24, 2.45) is 0 Å². The highest BCUT2D eigenvalue weighted by molar-refractivity contribution is 5.47. The van der Waals surface area contributed by atoms with E-state index in [0.29, 0.717) is 6.04 Å². The summed E-state index contributed by atoms with van der Waals surface area (Å²) in [4.78, 5) is 2.32. The van der Waals surface area contributed by atoms with Crippen LogP contribution in [0.4, 0.5) is 5.69 Å². The lowest BCUT2D eigenvalue weighted by molar-refractivity contribution is 0.240. The number of aliphatic hydroxyl groups excluding tert-OH is 1. The fraction of sp³-hybridized carbons (Fsp3) is 0.500. The molecule has 0 aromatic heterocycles. The van der Waals surface area contributed by atoms with Crippen LogP contribution in [0.15, 0.2) is 30.3 Å². The van der Waals surface area contributed by atoms with Crippen molar-refractivity contribution in [1.82, 2.24) is 0 Å². The van der Waals surface area contributed by atoms with Gasteiger partial charge in [0.25, 0.3) is 0 Å². The normalized spacial score (nSPS) is 22.4. The largest absolute Gasteiger partial charge is 0.394 e. The number of aliphatic hydroxyl groups is 1. The molecule has 0 spiro atoms. The van der Waals surface area contributed by atoms with Crippen LogP contribution in [0.2, 0.25) is 0 Å². The van der Waals surface area contributed by atoms with Crippen molar-refractivity contribution in [3.63, 3.8) is 0 Å². The van der Waals surface area contributed by atoms with Gasteiger partial charge in [-0.15, -0.1) is 0 Å². The molecule has 2 heteroatoms. The van der Waals surface area contributed by atoms with Gasteiger partial charge in [0.2, 0.25) is 0 Å². The van der Waals surface area contributed by atoms with Gasteiger partial charge in [0, 0.05) is 12.2 Å². The fourth-order valence-corrected chi connectivity index (χ4v) is 2.15. The Morgan fingerprint density at radius 2 is 2.00 bits per heavy atom. The Morgan fingerprint density at radius 1 is 1.21 bits per heavy atom. The predicted octanol–water partition coefficient (Wildman–Crippen LogP) is 2.04. The van der Waals surface area contributed by atoms with E-state index in [1.54, 1.807) is 0 Å². The van der Waals surface area contributed by atoms with E-state index in [4.69, 9.17) is 0 Å². The van der Waals surface area contributed by atoms with Crippen molar-refractivity contribution in [3.8, 4) is 0 Å². The van der Waals surface area contributed by atoms with Gasteiger partial charge in [0.05, 0.1) is 12.6 Å². The summed E-state index contributed by atoms with van der Waals surface area (Å²) in [7, 11) is 0. The molecule has 1 unspecified atom stereocenters. The van der Waals surface area contributed by atoms with Crippen LogP contribution in [-0.4, -0.2) is 24.3 Å². The van der Waals surface area contributed by atoms with Gasteiger partial charge >= 0.3 is 0 Å². The molecular weight excluding hydrogens is 174 g/mol. The Labute approximate surface area is 85.2 Å². The van der Waals surface area contributed by atoms with E-state index in [0.717, 1.165) is 13.0 Å². The lowest BCUT2D eigenvalue weighted by Gasteiger charge is -2.36. The van der Waals surface area contributed by atoms with Gasteiger partial charge in [0.1, 0.15) is 0 Å². The minimum Gasteiger partial charge on any atom is -0.394 e. The molecule has 2 nitrogen and oxygen atoms in total. The average molecular weight is 191 g/mol. The standard InChI is InChI=1S/C12H17NO/c14-10-12-8-4-5-9-13(12)11-6-2-1-3-7-11/h1-3,6-7,12,14H,4-5,8-10H2. The predicted molar refractivity (Wildman–Crippen MR) is 58.5 cm³/mol. The Hall–Kier alpha value is -1.02. The third-order valence-corrected chi connectivity index (χ3v) is 2.93. The molecule has 14 heavy (non-hydrogen) atoms. The van der Waals surface area contributed by atoms with E-state index in [-0.39, 0.29) is 6.61 Å². The third-order valence-electron chi connectivity index (χ3n) is 2.93. The van der Waals surface area contributed by atoms with Gasteiger partial charge in [0.15, 0.2) is 0 Å². The fourth-order valence-electron chi connectivity index (χ4n) is 2.15. The number of benzene rings is 1. The molecular formula is C12H17NO. The van der Waals surface area contributed by atoms with Crippen LogP contribution in [0.5, 0.6) is 0 Å². The second-order valence-corrected chi connectivity index (χ2v) is 3.86. The summed E-state index contributed by atoms with van der Waals surface area (Å²) >= 11 is 0. The highest BCUT2D eigenvalue weighted by Gasteiger charge is 2.21. The van der Waals surface area contributed by atoms with E-state index in [9.17, 15) is 5.11 Å². The maximum Gasteiger partial charge on any atom is 0.0635 e. The van der Waals surface area contributed by atoms with E-state index >= 15 is 0 Å². The topological polar surface area (TPSA) is 23.5 Å². The zero-order chi connectivity index (χ0) is 9.80. The number of anilines is 1. The third kappa shape index (κ3) is 1.90. The summed E-state index contributed by atoms with van der Waals surface area (Å²) in [5.41, 5.74) is 1.24. The summed E-state index contributed by atoms with van der Waals surface area (Å²) in [6.07, 6.45) is 3.60. The minimum absolute atomic E-state index is 0.273. The van der Waals surface area contributed by atoms with Crippen LogP contribution in [0.3, 0.4) is 0 Å². The molecule has 1 aliphatic heterocycles. The van der Waals surface area contributed by atoms with Crippen LogP contribution in [0, 0.1) is 0 Å². The smallest absolute Gasteiger partial charge is 0.0635 e. The highest BCUT2D eigenvalue weighted by atomic mass is 16.3. The summed E-state index contributed by atoms with van der Waals surface area (Å²) in [6, 6.07) is 10.7. The van der Waals surface area contributed by atoms with Crippen LogP contribution >= 0.6 is 0 Å². The van der Waals surface area contributed by atoms with Crippen molar-refractivity contribution >= 4 is 5.69 Å². The number of para-hydroxylation sites is 1. The molecule has 0 bridgehead atoms. The van der Waals surface area contributed by atoms with Crippen LogP contribution in [0.1, 0.15) is 19.3 Å². The molecule has 1 N–H and O–H groups in total. The van der Waals surface area contributed by atoms with Crippen LogP contribution in [-0.2, 0) is 0 Å². The van der Waals surface area contributed by atoms with Gasteiger partial charge < -0.3 is 10.0 Å². The monoisotopic (exact) mass is 191 g/mol. The average Bonchev–Trinajstić information content (AvgIpc) is 2.30. The first kappa shape index (κ1) is 9.53. The number of rotatable bonds is 2. The van der Waals surface area contributed by atoms with Crippen molar-refractivity contribution in [2.75, 3.05) is 18.1 Å². The Bertz CT molecular complexity index is 273. The van der Waals surface area contributed by atoms with Gasteiger partial charge in [-0.25, -0.2) is 0 Å². The molecule has 2 rings (SSSR count). The first-order chi connectivity index (χ1) is 6.92. The molecule has 1 aromatic carbocycles. The zero-order valence-electron chi connectivity index (χ0n) is 8.39. The first-order valence-corrected chi connectivity index (χ1v) is 5.34. The highest BCUT2D eigenvalue weighted by Crippen LogP contribution is 2.23. The molecule has 0 aliphatic carbocycles. The van der Waals surface area contributed by atoms with Gasteiger partial charge in [-0.3, -0.25) is 0 Å². The molecule has 76 valence electrons. The summed E-state index contributed by atoms with van der Waals surface area (Å²) in [6.45, 7) is 1.35. The van der Waals surface area contributed by atoms with E-state index in [1.165, 1.54) is 18.5 Å². The second-order valence-electron chi connectivity index (χ2n) is 3.86. The Morgan fingerprint density at radius 3 is 2.71 bits per heavy atom. The van der Waals surface area contributed by atoms with Gasteiger partial charge in [-0.05, 0) is 31.4 Å². The molecule has 0 amide bonds. The number of piperidine rings is 1. The second kappa shape index (κ2) is 4.47. The Balaban J connectivity index is 2.15. The zero-order valence-corrected chi connectivity index (χ0v) is 8.39. The maximum atomic E-state index is 9.28. The van der Waals surface area contributed by atoms with Crippen molar-refractivity contribution in [1.29, 1.82) is 0 Å². The molecule has 1 aromatic rings. The van der Waals surface area contributed by atoms with Crippen molar-refractivity contribution in [2.45, 2.75) is 25.3 Å². The summed E-state index contributed by atoms with van der Waals surface area (Å²) < 4.78 is 0. The first-order valence-electron chi connectivity index (χ1n) is 5.34. The molecule has 0 radical (unpaired) electrons. The molecule has 1 aliphatic rings. The van der Waals surface area contributed by atoms with E-state index < -0.39 is 0 Å². The summed E-state index contributed by atoms with van der Waals surface area (Å²) in [5, 5.41) is 9.28. The SMILES string of the molecule is OCC1CCCCN1c1ccccc1.